The molecular formula is C21H23NO5. The van der Waals surface area contributed by atoms with E-state index in [0.717, 1.165) is 17.9 Å². The van der Waals surface area contributed by atoms with E-state index in [4.69, 9.17) is 14.6 Å². The monoisotopic (exact) mass is 369 g/mol. The summed E-state index contributed by atoms with van der Waals surface area (Å²) >= 11 is 0. The van der Waals surface area contributed by atoms with Crippen LogP contribution in [-0.4, -0.2) is 42.1 Å². The summed E-state index contributed by atoms with van der Waals surface area (Å²) in [6.45, 7) is 0.815. The lowest BCUT2D eigenvalue weighted by Crippen LogP contribution is -2.26. The van der Waals surface area contributed by atoms with E-state index in [1.54, 1.807) is 36.2 Å². The van der Waals surface area contributed by atoms with Crippen LogP contribution in [0.1, 0.15) is 28.8 Å². The van der Waals surface area contributed by atoms with Gasteiger partial charge in [0.2, 0.25) is 0 Å². The zero-order valence-corrected chi connectivity index (χ0v) is 15.3. The first-order valence-corrected chi connectivity index (χ1v) is 8.93. The second kappa shape index (κ2) is 8.58. The van der Waals surface area contributed by atoms with Gasteiger partial charge in [-0.05, 0) is 60.7 Å². The maximum absolute atomic E-state index is 12.6. The van der Waals surface area contributed by atoms with Crippen LogP contribution in [0.15, 0.2) is 48.5 Å². The van der Waals surface area contributed by atoms with Crippen LogP contribution in [0.4, 0.5) is 0 Å². The first-order valence-electron chi connectivity index (χ1n) is 8.93. The molecule has 6 heteroatoms. The van der Waals surface area contributed by atoms with E-state index >= 15 is 0 Å². The summed E-state index contributed by atoms with van der Waals surface area (Å²) in [6, 6.07) is 14.3. The molecule has 0 saturated heterocycles. The van der Waals surface area contributed by atoms with Crippen LogP contribution in [0.3, 0.4) is 0 Å². The highest BCUT2D eigenvalue weighted by Gasteiger charge is 2.22. The number of hydrogen-bond donors (Lipinski definition) is 1. The van der Waals surface area contributed by atoms with Crippen molar-refractivity contribution in [3.63, 3.8) is 0 Å². The third kappa shape index (κ3) is 5.74. The quantitative estimate of drug-likeness (QED) is 0.734. The largest absolute Gasteiger partial charge is 0.493 e. The third-order valence-corrected chi connectivity index (χ3v) is 4.34. The van der Waals surface area contributed by atoms with Gasteiger partial charge in [0.25, 0.3) is 5.91 Å². The normalized spacial score (nSPS) is 13.1. The summed E-state index contributed by atoms with van der Waals surface area (Å²) < 4.78 is 10.8. The van der Waals surface area contributed by atoms with Crippen molar-refractivity contribution in [3.8, 4) is 11.5 Å². The Morgan fingerprint density at radius 2 is 1.59 bits per heavy atom. The molecule has 142 valence electrons. The van der Waals surface area contributed by atoms with Gasteiger partial charge in [-0.15, -0.1) is 0 Å². The Kier molecular flexibility index (Phi) is 5.96. The number of carbonyl (C=O) groups excluding carboxylic acids is 1. The molecule has 0 aliphatic heterocycles. The lowest BCUT2D eigenvalue weighted by atomic mass is 10.1. The van der Waals surface area contributed by atoms with Gasteiger partial charge in [0.15, 0.2) is 6.61 Å². The zero-order valence-electron chi connectivity index (χ0n) is 15.3. The maximum Gasteiger partial charge on any atom is 0.341 e. The van der Waals surface area contributed by atoms with Gasteiger partial charge in [0, 0.05) is 19.2 Å². The van der Waals surface area contributed by atoms with E-state index < -0.39 is 5.97 Å². The van der Waals surface area contributed by atoms with E-state index in [9.17, 15) is 9.59 Å². The number of benzene rings is 2. The maximum atomic E-state index is 12.6. The van der Waals surface area contributed by atoms with Crippen molar-refractivity contribution in [1.29, 1.82) is 0 Å². The summed E-state index contributed by atoms with van der Waals surface area (Å²) in [5.41, 5.74) is 1.54. The standard InChI is InChI=1S/C21H23NO5/c1-22(12-15-4-8-18(9-5-15)27-14-20(23)24)21(25)17-6-10-19(11-7-17)26-13-16-2-3-16/h4-11,16H,2-3,12-14H2,1H3,(H,23,24). The van der Waals surface area contributed by atoms with Gasteiger partial charge in [0.1, 0.15) is 11.5 Å². The van der Waals surface area contributed by atoms with Crippen molar-refractivity contribution in [1.82, 2.24) is 4.90 Å². The highest BCUT2D eigenvalue weighted by atomic mass is 16.5. The van der Waals surface area contributed by atoms with Gasteiger partial charge in [-0.1, -0.05) is 12.1 Å². The fraction of sp³-hybridized carbons (Fsp3) is 0.333. The first kappa shape index (κ1) is 18.8. The minimum absolute atomic E-state index is 0.0741. The summed E-state index contributed by atoms with van der Waals surface area (Å²) in [5, 5.41) is 8.61. The van der Waals surface area contributed by atoms with E-state index in [1.165, 1.54) is 12.8 Å². The highest BCUT2D eigenvalue weighted by molar-refractivity contribution is 5.94. The predicted molar refractivity (Wildman–Crippen MR) is 100 cm³/mol. The summed E-state index contributed by atoms with van der Waals surface area (Å²) in [5.74, 6) is 0.872. The Morgan fingerprint density at radius 1 is 1.00 bits per heavy atom. The van der Waals surface area contributed by atoms with Crippen molar-refractivity contribution in [2.45, 2.75) is 19.4 Å². The topological polar surface area (TPSA) is 76.1 Å². The predicted octanol–water partition coefficient (Wildman–Crippen LogP) is 3.21. The number of carboxylic acids is 1. The SMILES string of the molecule is CN(Cc1ccc(OCC(=O)O)cc1)C(=O)c1ccc(OCC2CC2)cc1. The van der Waals surface area contributed by atoms with Crippen LogP contribution in [0.2, 0.25) is 0 Å². The molecule has 2 aromatic rings. The molecule has 1 amide bonds. The molecule has 3 rings (SSSR count). The minimum Gasteiger partial charge on any atom is -0.493 e. The summed E-state index contributed by atoms with van der Waals surface area (Å²) in [4.78, 5) is 24.7. The van der Waals surface area contributed by atoms with Crippen LogP contribution in [0.5, 0.6) is 11.5 Å². The smallest absolute Gasteiger partial charge is 0.341 e. The molecule has 0 unspecified atom stereocenters. The Bertz CT molecular complexity index is 781. The van der Waals surface area contributed by atoms with Crippen molar-refractivity contribution in [2.75, 3.05) is 20.3 Å². The van der Waals surface area contributed by atoms with E-state index in [2.05, 4.69) is 0 Å². The molecule has 6 nitrogen and oxygen atoms in total. The molecule has 1 aliphatic carbocycles. The first-order chi connectivity index (χ1) is 13.0. The molecule has 2 aromatic carbocycles. The Morgan fingerprint density at radius 3 is 2.19 bits per heavy atom. The Balaban J connectivity index is 1.52. The average molecular weight is 369 g/mol. The van der Waals surface area contributed by atoms with Gasteiger partial charge in [-0.3, -0.25) is 4.79 Å². The second-order valence-corrected chi connectivity index (χ2v) is 6.77. The Labute approximate surface area is 158 Å². The molecule has 0 bridgehead atoms. The van der Waals surface area contributed by atoms with Gasteiger partial charge in [-0.2, -0.15) is 0 Å². The number of carbonyl (C=O) groups is 2. The average Bonchev–Trinajstić information content (AvgIpc) is 3.50. The fourth-order valence-corrected chi connectivity index (χ4v) is 2.59. The number of amides is 1. The van der Waals surface area contributed by atoms with Crippen molar-refractivity contribution < 1.29 is 24.2 Å². The van der Waals surface area contributed by atoms with Crippen LogP contribution < -0.4 is 9.47 Å². The fourth-order valence-electron chi connectivity index (χ4n) is 2.59. The molecule has 0 atom stereocenters. The van der Waals surface area contributed by atoms with Crippen LogP contribution >= 0.6 is 0 Å². The zero-order chi connectivity index (χ0) is 19.2. The van der Waals surface area contributed by atoms with Crippen LogP contribution in [-0.2, 0) is 11.3 Å². The van der Waals surface area contributed by atoms with E-state index in [-0.39, 0.29) is 12.5 Å². The molecule has 1 aliphatic rings. The number of rotatable bonds is 9. The van der Waals surface area contributed by atoms with E-state index in [1.807, 2.05) is 24.3 Å². The van der Waals surface area contributed by atoms with Crippen LogP contribution in [0.25, 0.3) is 0 Å². The van der Waals surface area contributed by atoms with Crippen molar-refractivity contribution >= 4 is 11.9 Å². The molecule has 0 heterocycles. The lowest BCUT2D eigenvalue weighted by molar-refractivity contribution is -0.139. The minimum atomic E-state index is -1.02. The van der Waals surface area contributed by atoms with E-state index in [0.29, 0.717) is 23.8 Å². The molecule has 1 N–H and O–H groups in total. The van der Waals surface area contributed by atoms with Gasteiger partial charge < -0.3 is 19.5 Å². The molecule has 27 heavy (non-hydrogen) atoms. The molecule has 0 spiro atoms. The number of aliphatic carboxylic acids is 1. The lowest BCUT2D eigenvalue weighted by Gasteiger charge is -2.18. The Hall–Kier alpha value is -3.02. The number of hydrogen-bond acceptors (Lipinski definition) is 4. The molecular weight excluding hydrogens is 346 g/mol. The van der Waals surface area contributed by atoms with Gasteiger partial charge in [0.05, 0.1) is 6.61 Å². The number of nitrogens with zero attached hydrogens (tertiary/aromatic N) is 1. The third-order valence-electron chi connectivity index (χ3n) is 4.34. The molecule has 0 radical (unpaired) electrons. The van der Waals surface area contributed by atoms with Crippen molar-refractivity contribution in [3.05, 3.63) is 59.7 Å². The number of carboxylic acid groups (broad SMARTS) is 1. The summed E-state index contributed by atoms with van der Waals surface area (Å²) in [6.07, 6.45) is 2.49. The van der Waals surface area contributed by atoms with Gasteiger partial charge >= 0.3 is 5.97 Å². The van der Waals surface area contributed by atoms with Crippen molar-refractivity contribution in [2.24, 2.45) is 5.92 Å². The summed E-state index contributed by atoms with van der Waals surface area (Å²) in [7, 11) is 1.74. The molecule has 0 aromatic heterocycles. The second-order valence-electron chi connectivity index (χ2n) is 6.77. The number of ether oxygens (including phenoxy) is 2. The molecule has 1 fully saturated rings. The van der Waals surface area contributed by atoms with Gasteiger partial charge in [-0.25, -0.2) is 4.79 Å². The molecule has 1 saturated carbocycles. The highest BCUT2D eigenvalue weighted by Crippen LogP contribution is 2.29. The van der Waals surface area contributed by atoms with Crippen LogP contribution in [0, 0.1) is 5.92 Å².